The number of hydrogen-bond donors (Lipinski definition) is 3. The van der Waals surface area contributed by atoms with E-state index in [1.54, 1.807) is 7.05 Å². The van der Waals surface area contributed by atoms with E-state index in [-0.39, 0.29) is 29.1 Å². The van der Waals surface area contributed by atoms with Crippen molar-refractivity contribution in [3.8, 4) is 0 Å². The molecular weight excluding hydrogens is 380 g/mol. The second kappa shape index (κ2) is 8.71. The zero-order chi connectivity index (χ0) is 18.0. The number of sulfonamides is 1. The van der Waals surface area contributed by atoms with Crippen LogP contribution in [0.1, 0.15) is 29.8 Å². The summed E-state index contributed by atoms with van der Waals surface area (Å²) < 4.78 is 28.5. The van der Waals surface area contributed by atoms with Crippen molar-refractivity contribution in [1.82, 2.24) is 19.5 Å². The number of rotatable bonds is 5. The summed E-state index contributed by atoms with van der Waals surface area (Å²) in [6, 6.07) is 1.43. The van der Waals surface area contributed by atoms with Gasteiger partial charge in [0.1, 0.15) is 10.6 Å². The van der Waals surface area contributed by atoms with Crippen LogP contribution in [0.3, 0.4) is 0 Å². The first-order chi connectivity index (χ1) is 11.9. The van der Waals surface area contributed by atoms with Crippen molar-refractivity contribution in [2.24, 2.45) is 13.0 Å². The number of halogens is 1. The number of β-amino-alcohol motifs (C(OH)–C–C–N with tert-alkyl or cyclic N) is 1. The molecule has 2 aliphatic heterocycles. The number of amides is 1. The number of aryl methyl sites for hydroxylation is 1. The van der Waals surface area contributed by atoms with E-state index in [1.807, 2.05) is 0 Å². The van der Waals surface area contributed by atoms with Crippen molar-refractivity contribution in [1.29, 1.82) is 0 Å². The quantitative estimate of drug-likeness (QED) is 0.635. The lowest BCUT2D eigenvalue weighted by atomic mass is 10.1. The van der Waals surface area contributed by atoms with E-state index in [4.69, 9.17) is 0 Å². The highest BCUT2D eigenvalue weighted by Crippen LogP contribution is 2.22. The summed E-state index contributed by atoms with van der Waals surface area (Å²) in [7, 11) is -1.89. The van der Waals surface area contributed by atoms with Gasteiger partial charge < -0.3 is 20.3 Å². The first-order valence-electron chi connectivity index (χ1n) is 8.73. The van der Waals surface area contributed by atoms with Crippen LogP contribution in [0.2, 0.25) is 0 Å². The van der Waals surface area contributed by atoms with Crippen molar-refractivity contribution in [2.75, 3.05) is 32.7 Å². The predicted octanol–water partition coefficient (Wildman–Crippen LogP) is -0.0684. The van der Waals surface area contributed by atoms with Crippen molar-refractivity contribution in [3.63, 3.8) is 0 Å². The van der Waals surface area contributed by atoms with E-state index in [2.05, 4.69) is 10.6 Å². The van der Waals surface area contributed by atoms with Crippen LogP contribution in [-0.4, -0.2) is 67.1 Å². The molecule has 0 radical (unpaired) electrons. The Morgan fingerprint density at radius 2 is 2.00 bits per heavy atom. The molecule has 26 heavy (non-hydrogen) atoms. The first kappa shape index (κ1) is 21.2. The van der Waals surface area contributed by atoms with Crippen LogP contribution >= 0.6 is 12.4 Å². The SMILES string of the molecule is Cl.Cn1cc(S(=O)(=O)N2CCCCC2)cc1C(=O)NCC1CNCC1O. The van der Waals surface area contributed by atoms with Crippen LogP contribution < -0.4 is 10.6 Å². The van der Waals surface area contributed by atoms with Gasteiger partial charge >= 0.3 is 0 Å². The molecule has 0 spiro atoms. The molecule has 2 unspecified atom stereocenters. The van der Waals surface area contributed by atoms with Gasteiger partial charge in [-0.3, -0.25) is 4.79 Å². The van der Waals surface area contributed by atoms with Gasteiger partial charge in [0, 0.05) is 51.9 Å². The Kier molecular flexibility index (Phi) is 7.09. The molecule has 2 aliphatic rings. The van der Waals surface area contributed by atoms with Crippen LogP contribution in [0.5, 0.6) is 0 Å². The lowest BCUT2D eigenvalue weighted by molar-refractivity contribution is 0.0919. The zero-order valence-corrected chi connectivity index (χ0v) is 16.5. The second-order valence-corrected chi connectivity index (χ2v) is 8.77. The van der Waals surface area contributed by atoms with Crippen molar-refractivity contribution < 1.29 is 18.3 Å². The predicted molar refractivity (Wildman–Crippen MR) is 100.0 cm³/mol. The maximum Gasteiger partial charge on any atom is 0.267 e. The maximum absolute atomic E-state index is 12.7. The van der Waals surface area contributed by atoms with Crippen molar-refractivity contribution in [2.45, 2.75) is 30.3 Å². The minimum absolute atomic E-state index is 0. The average molecular weight is 407 g/mol. The summed E-state index contributed by atoms with van der Waals surface area (Å²) in [6.45, 7) is 2.61. The number of nitrogens with one attached hydrogen (secondary N) is 2. The highest BCUT2D eigenvalue weighted by molar-refractivity contribution is 7.89. The van der Waals surface area contributed by atoms with Gasteiger partial charge in [0.05, 0.1) is 6.10 Å². The summed E-state index contributed by atoms with van der Waals surface area (Å²) in [5.74, 6) is -0.359. The Labute approximate surface area is 160 Å². The molecule has 2 atom stereocenters. The van der Waals surface area contributed by atoms with Crippen LogP contribution in [0.25, 0.3) is 0 Å². The molecule has 1 amide bonds. The fraction of sp³-hybridized carbons (Fsp3) is 0.688. The number of piperidine rings is 1. The van der Waals surface area contributed by atoms with Gasteiger partial charge in [-0.15, -0.1) is 12.4 Å². The fourth-order valence-corrected chi connectivity index (χ4v) is 4.99. The van der Waals surface area contributed by atoms with E-state index in [0.29, 0.717) is 38.4 Å². The molecule has 1 aromatic rings. The lowest BCUT2D eigenvalue weighted by Crippen LogP contribution is -2.35. The Bertz CT molecular complexity index is 731. The lowest BCUT2D eigenvalue weighted by Gasteiger charge is -2.25. The Morgan fingerprint density at radius 1 is 1.31 bits per heavy atom. The number of nitrogens with zero attached hydrogens (tertiary/aromatic N) is 2. The molecule has 0 aromatic carbocycles. The third kappa shape index (κ3) is 4.40. The molecule has 0 bridgehead atoms. The normalized spacial score (nSPS) is 24.2. The smallest absolute Gasteiger partial charge is 0.267 e. The number of carbonyl (C=O) groups excluding carboxylic acids is 1. The van der Waals surface area contributed by atoms with E-state index < -0.39 is 16.1 Å². The minimum Gasteiger partial charge on any atom is -0.391 e. The topological polar surface area (TPSA) is 104 Å². The van der Waals surface area contributed by atoms with Crippen LogP contribution in [-0.2, 0) is 17.1 Å². The first-order valence-corrected chi connectivity index (χ1v) is 10.2. The summed E-state index contributed by atoms with van der Waals surface area (Å²) in [4.78, 5) is 12.6. The summed E-state index contributed by atoms with van der Waals surface area (Å²) in [6.07, 6.45) is 3.82. The van der Waals surface area contributed by atoms with Gasteiger partial charge in [-0.25, -0.2) is 8.42 Å². The van der Waals surface area contributed by atoms with E-state index in [1.165, 1.54) is 21.1 Å². The number of aromatic nitrogens is 1. The third-order valence-electron chi connectivity index (χ3n) is 4.99. The molecule has 2 saturated heterocycles. The Morgan fingerprint density at radius 3 is 2.62 bits per heavy atom. The van der Waals surface area contributed by atoms with Gasteiger partial charge in [-0.2, -0.15) is 4.31 Å². The molecule has 0 saturated carbocycles. The van der Waals surface area contributed by atoms with E-state index in [0.717, 1.165) is 19.3 Å². The summed E-state index contributed by atoms with van der Waals surface area (Å²) in [5.41, 5.74) is 0.302. The van der Waals surface area contributed by atoms with Gasteiger partial charge in [0.15, 0.2) is 0 Å². The molecule has 148 valence electrons. The molecule has 8 nitrogen and oxygen atoms in total. The molecule has 10 heteroatoms. The Balaban J connectivity index is 0.00000243. The highest BCUT2D eigenvalue weighted by Gasteiger charge is 2.29. The summed E-state index contributed by atoms with van der Waals surface area (Å²) >= 11 is 0. The second-order valence-electron chi connectivity index (χ2n) is 6.83. The maximum atomic E-state index is 12.7. The fourth-order valence-electron chi connectivity index (χ4n) is 3.40. The van der Waals surface area contributed by atoms with E-state index in [9.17, 15) is 18.3 Å². The number of aliphatic hydroxyl groups excluding tert-OH is 1. The average Bonchev–Trinajstić information content (AvgIpc) is 3.19. The monoisotopic (exact) mass is 406 g/mol. The minimum atomic E-state index is -3.55. The molecule has 1 aromatic heterocycles. The molecule has 3 N–H and O–H groups in total. The Hall–Kier alpha value is -1.13. The summed E-state index contributed by atoms with van der Waals surface area (Å²) in [5, 5.41) is 15.6. The largest absolute Gasteiger partial charge is 0.391 e. The number of hydrogen-bond acceptors (Lipinski definition) is 5. The highest BCUT2D eigenvalue weighted by atomic mass is 35.5. The number of carbonyl (C=O) groups is 1. The van der Waals surface area contributed by atoms with Crippen LogP contribution in [0, 0.1) is 5.92 Å². The van der Waals surface area contributed by atoms with Crippen LogP contribution in [0.4, 0.5) is 0 Å². The molecule has 3 rings (SSSR count). The molecule has 3 heterocycles. The molecular formula is C16H27ClN4O4S. The third-order valence-corrected chi connectivity index (χ3v) is 6.86. The van der Waals surface area contributed by atoms with Gasteiger partial charge in [-0.1, -0.05) is 6.42 Å². The van der Waals surface area contributed by atoms with Crippen molar-refractivity contribution >= 4 is 28.3 Å². The zero-order valence-electron chi connectivity index (χ0n) is 14.8. The standard InChI is InChI=1S/C16H26N4O4S.ClH/c1-19-11-13(25(23,24)20-5-3-2-4-6-20)7-14(19)16(22)18-9-12-8-17-10-15(12)21;/h7,11-12,15,17,21H,2-6,8-10H2,1H3,(H,18,22);1H. The van der Waals surface area contributed by atoms with Gasteiger partial charge in [-0.05, 0) is 18.9 Å². The molecule has 0 aliphatic carbocycles. The molecule has 2 fully saturated rings. The van der Waals surface area contributed by atoms with E-state index >= 15 is 0 Å². The van der Waals surface area contributed by atoms with Crippen molar-refractivity contribution in [3.05, 3.63) is 18.0 Å². The van der Waals surface area contributed by atoms with Crippen LogP contribution in [0.15, 0.2) is 17.2 Å². The number of aliphatic hydroxyl groups is 1. The van der Waals surface area contributed by atoms with Gasteiger partial charge in [0.2, 0.25) is 10.0 Å². The van der Waals surface area contributed by atoms with Gasteiger partial charge in [0.25, 0.3) is 5.91 Å².